The molecule has 0 aromatic heterocycles. The van der Waals surface area contributed by atoms with Gasteiger partial charge in [0.1, 0.15) is 4.90 Å². The molecular weight excluding hydrogens is 327 g/mol. The second kappa shape index (κ2) is 5.57. The number of carbonyl (C=O) groups is 1. The molecule has 116 valence electrons. The molecule has 10 heteroatoms. The van der Waals surface area contributed by atoms with Crippen molar-refractivity contribution in [1.29, 1.82) is 0 Å². The summed E-state index contributed by atoms with van der Waals surface area (Å²) in [4.78, 5) is 20.6. The summed E-state index contributed by atoms with van der Waals surface area (Å²) in [6.45, 7) is 4.83. The number of nitro benzene ring substituents is 1. The summed E-state index contributed by atoms with van der Waals surface area (Å²) in [6, 6.07) is 1.12. The van der Waals surface area contributed by atoms with E-state index in [4.69, 9.17) is 10.7 Å². The molecule has 0 radical (unpaired) electrons. The molecule has 1 rings (SSSR count). The Kier molecular flexibility index (Phi) is 4.59. The first-order chi connectivity index (χ1) is 9.33. The Labute approximate surface area is 124 Å². The molecule has 1 aromatic rings. The van der Waals surface area contributed by atoms with Crippen molar-refractivity contribution in [1.82, 2.24) is 5.32 Å². The standard InChI is InChI=1S/C11H12ClFN2O5S/c1-11(2,3)14-10(16)7-4-6(15(17)18)5-8(9(7)13)21(12,19)20/h4-5H,1-3H3,(H,14,16). The first-order valence-electron chi connectivity index (χ1n) is 5.58. The number of carbonyl (C=O) groups excluding carboxylic acids is 1. The molecule has 0 aliphatic heterocycles. The van der Waals surface area contributed by atoms with Crippen LogP contribution in [0, 0.1) is 15.9 Å². The number of halogens is 2. The summed E-state index contributed by atoms with van der Waals surface area (Å²) in [5, 5.41) is 13.1. The maximum absolute atomic E-state index is 14.1. The van der Waals surface area contributed by atoms with E-state index in [1.54, 1.807) is 20.8 Å². The molecule has 0 aliphatic carbocycles. The summed E-state index contributed by atoms with van der Waals surface area (Å²) in [5.41, 5.74) is -2.26. The number of nitrogens with zero attached hydrogens (tertiary/aromatic N) is 1. The molecule has 1 aromatic carbocycles. The van der Waals surface area contributed by atoms with E-state index in [1.807, 2.05) is 0 Å². The zero-order valence-corrected chi connectivity index (χ0v) is 12.9. The van der Waals surface area contributed by atoms with Gasteiger partial charge < -0.3 is 5.32 Å². The summed E-state index contributed by atoms with van der Waals surface area (Å²) in [7, 11) is 0.452. The Morgan fingerprint density at radius 3 is 2.29 bits per heavy atom. The molecule has 1 N–H and O–H groups in total. The average Bonchev–Trinajstić information content (AvgIpc) is 2.24. The summed E-state index contributed by atoms with van der Waals surface area (Å²) < 4.78 is 36.6. The second-order valence-corrected chi connectivity index (χ2v) is 7.74. The Hall–Kier alpha value is -1.74. The van der Waals surface area contributed by atoms with Gasteiger partial charge in [0.05, 0.1) is 10.5 Å². The van der Waals surface area contributed by atoms with Gasteiger partial charge in [-0.15, -0.1) is 0 Å². The van der Waals surface area contributed by atoms with Gasteiger partial charge in [-0.05, 0) is 20.8 Å². The lowest BCUT2D eigenvalue weighted by Crippen LogP contribution is -2.41. The van der Waals surface area contributed by atoms with Crippen LogP contribution in [0.15, 0.2) is 17.0 Å². The minimum Gasteiger partial charge on any atom is -0.347 e. The molecule has 0 fully saturated rings. The molecule has 1 amide bonds. The molecule has 0 saturated carbocycles. The summed E-state index contributed by atoms with van der Waals surface area (Å²) in [6.07, 6.45) is 0. The zero-order valence-electron chi connectivity index (χ0n) is 11.3. The van der Waals surface area contributed by atoms with Crippen LogP contribution in [-0.4, -0.2) is 24.8 Å². The van der Waals surface area contributed by atoms with Crippen molar-refractivity contribution < 1.29 is 22.5 Å². The predicted molar refractivity (Wildman–Crippen MR) is 73.3 cm³/mol. The van der Waals surface area contributed by atoms with Gasteiger partial charge in [0, 0.05) is 28.4 Å². The zero-order chi connectivity index (χ0) is 16.6. The quantitative estimate of drug-likeness (QED) is 0.516. The van der Waals surface area contributed by atoms with E-state index in [-0.39, 0.29) is 0 Å². The van der Waals surface area contributed by atoms with Gasteiger partial charge in [-0.3, -0.25) is 14.9 Å². The Morgan fingerprint density at radius 2 is 1.90 bits per heavy atom. The number of rotatable bonds is 3. The molecule has 0 bridgehead atoms. The van der Waals surface area contributed by atoms with E-state index >= 15 is 0 Å². The van der Waals surface area contributed by atoms with Crippen LogP contribution in [0.1, 0.15) is 31.1 Å². The number of nitrogens with one attached hydrogen (secondary N) is 1. The third-order valence-corrected chi connectivity index (χ3v) is 3.55. The highest BCUT2D eigenvalue weighted by molar-refractivity contribution is 8.13. The smallest absolute Gasteiger partial charge is 0.271 e. The molecule has 0 spiro atoms. The van der Waals surface area contributed by atoms with Crippen molar-refractivity contribution >= 4 is 31.3 Å². The monoisotopic (exact) mass is 338 g/mol. The number of nitro groups is 1. The van der Waals surface area contributed by atoms with Gasteiger partial charge in [-0.25, -0.2) is 12.8 Å². The predicted octanol–water partition coefficient (Wildman–Crippen LogP) is 2.19. The van der Waals surface area contributed by atoms with Crippen LogP contribution in [0.2, 0.25) is 0 Å². The lowest BCUT2D eigenvalue weighted by atomic mass is 10.1. The molecule has 7 nitrogen and oxygen atoms in total. The normalized spacial score (nSPS) is 12.0. The minimum atomic E-state index is -4.58. The fraction of sp³-hybridized carbons (Fsp3) is 0.364. The van der Waals surface area contributed by atoms with Gasteiger partial charge in [0.2, 0.25) is 0 Å². The van der Waals surface area contributed by atoms with E-state index in [1.165, 1.54) is 0 Å². The first kappa shape index (κ1) is 17.3. The number of hydrogen-bond acceptors (Lipinski definition) is 5. The topological polar surface area (TPSA) is 106 Å². The second-order valence-electron chi connectivity index (χ2n) is 5.20. The molecule has 0 unspecified atom stereocenters. The van der Waals surface area contributed by atoms with Gasteiger partial charge in [0.15, 0.2) is 5.82 Å². The summed E-state index contributed by atoms with van der Waals surface area (Å²) in [5.74, 6) is -2.41. The minimum absolute atomic E-state index is 0.464. The maximum Gasteiger partial charge on any atom is 0.271 e. The number of amides is 1. The van der Waals surface area contributed by atoms with Gasteiger partial charge in [0.25, 0.3) is 20.6 Å². The number of benzene rings is 1. The fourth-order valence-electron chi connectivity index (χ4n) is 1.44. The first-order valence-corrected chi connectivity index (χ1v) is 7.89. The van der Waals surface area contributed by atoms with Crippen molar-refractivity contribution in [3.8, 4) is 0 Å². The molecule has 21 heavy (non-hydrogen) atoms. The molecular formula is C11H12ClFN2O5S. The maximum atomic E-state index is 14.1. The fourth-order valence-corrected chi connectivity index (χ4v) is 2.36. The Bertz CT molecular complexity index is 712. The van der Waals surface area contributed by atoms with Crippen LogP contribution in [0.5, 0.6) is 0 Å². The number of hydrogen-bond donors (Lipinski definition) is 1. The molecule has 0 saturated heterocycles. The Morgan fingerprint density at radius 1 is 1.38 bits per heavy atom. The van der Waals surface area contributed by atoms with Crippen molar-refractivity contribution in [3.63, 3.8) is 0 Å². The lowest BCUT2D eigenvalue weighted by Gasteiger charge is -2.20. The third-order valence-electron chi connectivity index (χ3n) is 2.23. The van der Waals surface area contributed by atoms with Crippen LogP contribution in [-0.2, 0) is 9.05 Å². The van der Waals surface area contributed by atoms with Gasteiger partial charge in [-0.1, -0.05) is 0 Å². The van der Waals surface area contributed by atoms with Crippen LogP contribution >= 0.6 is 10.7 Å². The highest BCUT2D eigenvalue weighted by Gasteiger charge is 2.28. The van der Waals surface area contributed by atoms with E-state index in [0.29, 0.717) is 12.1 Å². The van der Waals surface area contributed by atoms with Crippen molar-refractivity contribution in [2.24, 2.45) is 0 Å². The van der Waals surface area contributed by atoms with Crippen LogP contribution < -0.4 is 5.32 Å². The highest BCUT2D eigenvalue weighted by Crippen LogP contribution is 2.27. The van der Waals surface area contributed by atoms with Crippen LogP contribution in [0.4, 0.5) is 10.1 Å². The highest BCUT2D eigenvalue weighted by atomic mass is 35.7. The van der Waals surface area contributed by atoms with E-state index in [0.717, 1.165) is 0 Å². The van der Waals surface area contributed by atoms with E-state index in [9.17, 15) is 27.7 Å². The molecule has 0 heterocycles. The third kappa shape index (κ3) is 4.36. The van der Waals surface area contributed by atoms with Crippen LogP contribution in [0.25, 0.3) is 0 Å². The molecule has 0 atom stereocenters. The van der Waals surface area contributed by atoms with Gasteiger partial charge in [-0.2, -0.15) is 0 Å². The van der Waals surface area contributed by atoms with E-state index < -0.39 is 47.4 Å². The SMILES string of the molecule is CC(C)(C)NC(=O)c1cc([N+](=O)[O-])cc(S(=O)(=O)Cl)c1F. The lowest BCUT2D eigenvalue weighted by molar-refractivity contribution is -0.385. The van der Waals surface area contributed by atoms with Crippen molar-refractivity contribution in [3.05, 3.63) is 33.6 Å². The van der Waals surface area contributed by atoms with E-state index in [2.05, 4.69) is 5.32 Å². The van der Waals surface area contributed by atoms with Crippen molar-refractivity contribution in [2.75, 3.05) is 0 Å². The Balaban J connectivity index is 3.55. The van der Waals surface area contributed by atoms with Crippen molar-refractivity contribution in [2.45, 2.75) is 31.2 Å². The number of non-ortho nitro benzene ring substituents is 1. The molecule has 0 aliphatic rings. The van der Waals surface area contributed by atoms with Gasteiger partial charge >= 0.3 is 0 Å². The average molecular weight is 339 g/mol. The largest absolute Gasteiger partial charge is 0.347 e. The van der Waals surface area contributed by atoms with Crippen LogP contribution in [0.3, 0.4) is 0 Å². The summed E-state index contributed by atoms with van der Waals surface area (Å²) >= 11 is 0.